The first-order valence-electron chi connectivity index (χ1n) is 8.90. The van der Waals surface area contributed by atoms with Crippen molar-refractivity contribution in [2.75, 3.05) is 11.9 Å². The average molecular weight is 404 g/mol. The minimum atomic E-state index is -1.64. The third-order valence-electron chi connectivity index (χ3n) is 4.82. The summed E-state index contributed by atoms with van der Waals surface area (Å²) in [6, 6.07) is 15.0. The monoisotopic (exact) mass is 403 g/mol. The number of rotatable bonds is 5. The number of aromatic nitrogens is 2. The molecular formula is C20H19ClFN3O3. The van der Waals surface area contributed by atoms with Crippen molar-refractivity contribution < 1.29 is 19.3 Å². The van der Waals surface area contributed by atoms with Crippen LogP contribution in [0, 0.1) is 0 Å². The molecule has 3 N–H and O–H groups in total. The second kappa shape index (κ2) is 7.97. The summed E-state index contributed by atoms with van der Waals surface area (Å²) in [4.78, 5) is 8.49. The van der Waals surface area contributed by atoms with Crippen molar-refractivity contribution in [3.8, 4) is 0 Å². The highest BCUT2D eigenvalue weighted by atomic mass is 35.5. The Morgan fingerprint density at radius 1 is 1.14 bits per heavy atom. The van der Waals surface area contributed by atoms with Crippen molar-refractivity contribution in [3.05, 3.63) is 64.9 Å². The van der Waals surface area contributed by atoms with E-state index < -0.39 is 31.1 Å². The molecule has 0 radical (unpaired) electrons. The fraction of sp³-hybridized carbons (Fsp3) is 0.300. The highest BCUT2D eigenvalue weighted by Gasteiger charge is 2.44. The van der Waals surface area contributed by atoms with E-state index in [0.717, 1.165) is 10.9 Å². The van der Waals surface area contributed by atoms with Gasteiger partial charge in [-0.3, -0.25) is 0 Å². The second-order valence-corrected chi connectivity index (χ2v) is 7.01. The highest BCUT2D eigenvalue weighted by molar-refractivity contribution is 6.28. The largest absolute Gasteiger partial charge is 0.394 e. The van der Waals surface area contributed by atoms with Crippen LogP contribution in [0.3, 0.4) is 0 Å². The molecular weight excluding hydrogens is 385 g/mol. The Kier molecular flexibility index (Phi) is 5.41. The zero-order valence-electron chi connectivity index (χ0n) is 14.8. The number of benzene rings is 2. The van der Waals surface area contributed by atoms with E-state index in [2.05, 4.69) is 15.3 Å². The van der Waals surface area contributed by atoms with Crippen LogP contribution in [0.2, 0.25) is 5.28 Å². The Morgan fingerprint density at radius 2 is 1.93 bits per heavy atom. The van der Waals surface area contributed by atoms with Crippen molar-refractivity contribution in [3.63, 3.8) is 0 Å². The average Bonchev–Trinajstić information content (AvgIpc) is 3.00. The molecule has 3 aromatic rings. The van der Waals surface area contributed by atoms with Crippen LogP contribution >= 0.6 is 11.6 Å². The number of hydrogen-bond donors (Lipinski definition) is 3. The Labute approximate surface area is 166 Å². The molecule has 8 heteroatoms. The number of hydrogen-bond acceptors (Lipinski definition) is 6. The Balaban J connectivity index is 1.63. The summed E-state index contributed by atoms with van der Waals surface area (Å²) in [7, 11) is 0. The fourth-order valence-corrected chi connectivity index (χ4v) is 3.53. The number of nitrogens with zero attached hydrogens (tertiary/aromatic N) is 2. The molecule has 28 heavy (non-hydrogen) atoms. The lowest BCUT2D eigenvalue weighted by atomic mass is 10.0. The third kappa shape index (κ3) is 3.66. The Hall–Kier alpha value is -2.32. The van der Waals surface area contributed by atoms with Gasteiger partial charge < -0.3 is 20.3 Å². The molecule has 1 saturated heterocycles. The zero-order valence-corrected chi connectivity index (χ0v) is 15.6. The minimum Gasteiger partial charge on any atom is -0.394 e. The fourth-order valence-electron chi connectivity index (χ4n) is 3.35. The van der Waals surface area contributed by atoms with Gasteiger partial charge in [0.25, 0.3) is 0 Å². The molecule has 4 rings (SSSR count). The Bertz CT molecular complexity index is 976. The maximum Gasteiger partial charge on any atom is 0.224 e. The predicted octanol–water partition coefficient (Wildman–Crippen LogP) is 3.03. The van der Waals surface area contributed by atoms with Crippen molar-refractivity contribution in [1.29, 1.82) is 0 Å². The molecule has 0 unspecified atom stereocenters. The SMILES string of the molecule is OC[C@H]1O[C@@H](c2ccc3c(NCc4ccccc4)nc(Cl)nc3c2)[C@@H](F)[C@@H]1O. The zero-order chi connectivity index (χ0) is 19.7. The van der Waals surface area contributed by atoms with Gasteiger partial charge in [-0.15, -0.1) is 0 Å². The van der Waals surface area contributed by atoms with Crippen LogP contribution in [-0.4, -0.2) is 45.2 Å². The quantitative estimate of drug-likeness (QED) is 0.568. The van der Waals surface area contributed by atoms with Gasteiger partial charge >= 0.3 is 0 Å². The maximum atomic E-state index is 14.4. The van der Waals surface area contributed by atoms with E-state index in [9.17, 15) is 14.6 Å². The molecule has 2 aromatic carbocycles. The molecule has 0 spiro atoms. The normalized spacial score (nSPS) is 24.6. The van der Waals surface area contributed by atoms with Gasteiger partial charge in [-0.05, 0) is 34.9 Å². The molecule has 6 nitrogen and oxygen atoms in total. The van der Waals surface area contributed by atoms with Gasteiger partial charge in [0.15, 0.2) is 6.17 Å². The summed E-state index contributed by atoms with van der Waals surface area (Å²) in [5, 5.41) is 23.1. The topological polar surface area (TPSA) is 87.5 Å². The lowest BCUT2D eigenvalue weighted by molar-refractivity contribution is -0.0225. The molecule has 0 amide bonds. The van der Waals surface area contributed by atoms with Gasteiger partial charge in [0, 0.05) is 11.9 Å². The van der Waals surface area contributed by atoms with Crippen LogP contribution in [0.25, 0.3) is 10.9 Å². The van der Waals surface area contributed by atoms with Crippen LogP contribution in [0.5, 0.6) is 0 Å². The number of aliphatic hydroxyl groups is 2. The van der Waals surface area contributed by atoms with Crippen LogP contribution in [-0.2, 0) is 11.3 Å². The van der Waals surface area contributed by atoms with E-state index in [1.807, 2.05) is 30.3 Å². The van der Waals surface area contributed by atoms with Gasteiger partial charge in [-0.2, -0.15) is 0 Å². The number of aliphatic hydroxyl groups excluding tert-OH is 2. The summed E-state index contributed by atoms with van der Waals surface area (Å²) < 4.78 is 19.9. The van der Waals surface area contributed by atoms with Crippen molar-refractivity contribution in [2.45, 2.75) is 31.0 Å². The van der Waals surface area contributed by atoms with E-state index in [1.54, 1.807) is 18.2 Å². The molecule has 1 aliphatic heterocycles. The lowest BCUT2D eigenvalue weighted by Gasteiger charge is -2.15. The minimum absolute atomic E-state index is 0.0672. The van der Waals surface area contributed by atoms with Crippen molar-refractivity contribution in [1.82, 2.24) is 9.97 Å². The molecule has 146 valence electrons. The number of anilines is 1. The molecule has 2 heterocycles. The second-order valence-electron chi connectivity index (χ2n) is 6.67. The summed E-state index contributed by atoms with van der Waals surface area (Å²) >= 11 is 6.07. The molecule has 1 aromatic heterocycles. The van der Waals surface area contributed by atoms with E-state index >= 15 is 0 Å². The third-order valence-corrected chi connectivity index (χ3v) is 4.99. The lowest BCUT2D eigenvalue weighted by Crippen LogP contribution is -2.30. The molecule has 1 aliphatic rings. The number of ether oxygens (including phenoxy) is 1. The van der Waals surface area contributed by atoms with Gasteiger partial charge in [0.2, 0.25) is 5.28 Å². The van der Waals surface area contributed by atoms with E-state index in [0.29, 0.717) is 23.4 Å². The van der Waals surface area contributed by atoms with E-state index in [1.165, 1.54) is 0 Å². The number of halogens is 2. The first-order chi connectivity index (χ1) is 13.6. The van der Waals surface area contributed by atoms with Crippen LogP contribution < -0.4 is 5.32 Å². The standard InChI is InChI=1S/C20H19ClFN3O3/c21-20-24-14-8-12(18-16(22)17(27)15(10-26)28-18)6-7-13(14)19(25-20)23-9-11-4-2-1-3-5-11/h1-8,15-18,26-27H,9-10H2,(H,23,24,25)/t15-,16+,17-,18+/m1/s1. The molecule has 0 saturated carbocycles. The summed E-state index contributed by atoms with van der Waals surface area (Å²) in [6.45, 7) is 0.112. The van der Waals surface area contributed by atoms with Gasteiger partial charge in [0.05, 0.1) is 12.1 Å². The molecule has 4 atom stereocenters. The van der Waals surface area contributed by atoms with Gasteiger partial charge in [-0.25, -0.2) is 14.4 Å². The van der Waals surface area contributed by atoms with Crippen LogP contribution in [0.1, 0.15) is 17.2 Å². The molecule has 0 aliphatic carbocycles. The summed E-state index contributed by atoms with van der Waals surface area (Å²) in [5.41, 5.74) is 2.13. The summed E-state index contributed by atoms with van der Waals surface area (Å²) in [6.07, 6.45) is -4.94. The van der Waals surface area contributed by atoms with E-state index in [-0.39, 0.29) is 5.28 Å². The first-order valence-corrected chi connectivity index (χ1v) is 9.28. The Morgan fingerprint density at radius 3 is 2.64 bits per heavy atom. The van der Waals surface area contributed by atoms with Gasteiger partial charge in [-0.1, -0.05) is 36.4 Å². The van der Waals surface area contributed by atoms with Crippen molar-refractivity contribution in [2.24, 2.45) is 0 Å². The smallest absolute Gasteiger partial charge is 0.224 e. The number of nitrogens with one attached hydrogen (secondary N) is 1. The summed E-state index contributed by atoms with van der Waals surface area (Å²) in [5.74, 6) is 0.572. The maximum absolute atomic E-state index is 14.4. The van der Waals surface area contributed by atoms with Gasteiger partial charge in [0.1, 0.15) is 24.1 Å². The van der Waals surface area contributed by atoms with Crippen molar-refractivity contribution >= 4 is 28.3 Å². The molecule has 0 bridgehead atoms. The van der Waals surface area contributed by atoms with Crippen LogP contribution in [0.4, 0.5) is 10.2 Å². The highest BCUT2D eigenvalue weighted by Crippen LogP contribution is 2.37. The molecule has 1 fully saturated rings. The first kappa shape index (κ1) is 19.0. The van der Waals surface area contributed by atoms with E-state index in [4.69, 9.17) is 16.3 Å². The van der Waals surface area contributed by atoms with Crippen LogP contribution in [0.15, 0.2) is 48.5 Å². The predicted molar refractivity (Wildman–Crippen MR) is 104 cm³/mol. The number of alkyl halides is 1. The number of fused-ring (bicyclic) bond motifs is 1.